The van der Waals surface area contributed by atoms with E-state index < -0.39 is 5.97 Å². The number of nitrogens with zero attached hydrogens (tertiary/aromatic N) is 2. The van der Waals surface area contributed by atoms with Crippen molar-refractivity contribution >= 4 is 23.6 Å². The van der Waals surface area contributed by atoms with Crippen LogP contribution in [-0.2, 0) is 0 Å². The van der Waals surface area contributed by atoms with E-state index in [0.717, 1.165) is 25.0 Å². The first-order chi connectivity index (χ1) is 10.0. The molecule has 114 valence electrons. The van der Waals surface area contributed by atoms with Gasteiger partial charge < -0.3 is 10.0 Å². The zero-order valence-electron chi connectivity index (χ0n) is 12.3. The molecule has 1 amide bonds. The number of carboxylic acids is 1. The van der Waals surface area contributed by atoms with E-state index in [4.69, 9.17) is 5.11 Å². The minimum Gasteiger partial charge on any atom is -0.477 e. The fourth-order valence-electron chi connectivity index (χ4n) is 2.71. The van der Waals surface area contributed by atoms with Gasteiger partial charge in [-0.3, -0.25) is 4.79 Å². The third-order valence-corrected chi connectivity index (χ3v) is 5.09. The topological polar surface area (TPSA) is 70.5 Å². The van der Waals surface area contributed by atoms with Crippen LogP contribution >= 0.6 is 11.8 Å². The maximum absolute atomic E-state index is 12.5. The molecule has 2 atom stereocenters. The summed E-state index contributed by atoms with van der Waals surface area (Å²) in [6, 6.07) is 3.15. The molecule has 1 N–H and O–H groups in total. The van der Waals surface area contributed by atoms with Gasteiger partial charge in [-0.25, -0.2) is 9.78 Å². The summed E-state index contributed by atoms with van der Waals surface area (Å²) in [6.45, 7) is 2.15. The van der Waals surface area contributed by atoms with Crippen LogP contribution in [0.5, 0.6) is 0 Å². The molecule has 1 aromatic rings. The van der Waals surface area contributed by atoms with Crippen molar-refractivity contribution in [2.75, 3.05) is 12.8 Å². The Labute approximate surface area is 128 Å². The van der Waals surface area contributed by atoms with Crippen LogP contribution in [-0.4, -0.2) is 51.0 Å². The van der Waals surface area contributed by atoms with Crippen molar-refractivity contribution in [3.8, 4) is 0 Å². The Morgan fingerprint density at radius 1 is 1.48 bits per heavy atom. The molecule has 1 aliphatic rings. The molecule has 2 rings (SSSR count). The Bertz CT molecular complexity index is 535. The second-order valence-electron chi connectivity index (χ2n) is 5.20. The number of hydrogen-bond acceptors (Lipinski definition) is 4. The first kappa shape index (κ1) is 15.8. The molecule has 0 aliphatic heterocycles. The van der Waals surface area contributed by atoms with Crippen molar-refractivity contribution in [2.45, 2.75) is 37.5 Å². The van der Waals surface area contributed by atoms with Gasteiger partial charge in [0.2, 0.25) is 0 Å². The van der Waals surface area contributed by atoms with Crippen LogP contribution in [0.25, 0.3) is 0 Å². The van der Waals surface area contributed by atoms with Gasteiger partial charge in [0, 0.05) is 30.1 Å². The smallest absolute Gasteiger partial charge is 0.354 e. The molecule has 21 heavy (non-hydrogen) atoms. The zero-order valence-corrected chi connectivity index (χ0v) is 13.1. The summed E-state index contributed by atoms with van der Waals surface area (Å²) in [4.78, 5) is 28.9. The average Bonchev–Trinajstić information content (AvgIpc) is 2.95. The molecule has 0 bridgehead atoms. The summed E-state index contributed by atoms with van der Waals surface area (Å²) < 4.78 is 0. The van der Waals surface area contributed by atoms with Crippen molar-refractivity contribution in [1.29, 1.82) is 0 Å². The number of hydrogen-bond donors (Lipinski definition) is 1. The molecule has 1 saturated carbocycles. The van der Waals surface area contributed by atoms with Crippen LogP contribution < -0.4 is 0 Å². The van der Waals surface area contributed by atoms with E-state index in [2.05, 4.69) is 11.9 Å². The molecule has 1 heterocycles. The standard InChI is InChI=1S/C15H20N2O3S/c1-3-21-12-5-4-11(9-12)17(2)14(18)10-6-7-16-13(8-10)15(19)20/h6-8,11-12H,3-5,9H2,1-2H3,(H,19,20). The number of carbonyl (C=O) groups excluding carboxylic acids is 1. The number of rotatable bonds is 5. The molecular formula is C15H20N2O3S. The van der Waals surface area contributed by atoms with E-state index in [1.165, 1.54) is 12.3 Å². The first-order valence-corrected chi connectivity index (χ1v) is 8.16. The van der Waals surface area contributed by atoms with Crippen LogP contribution in [0.15, 0.2) is 18.3 Å². The molecular weight excluding hydrogens is 288 g/mol. The van der Waals surface area contributed by atoms with Gasteiger partial charge in [0.05, 0.1) is 0 Å². The van der Waals surface area contributed by atoms with Gasteiger partial charge in [-0.2, -0.15) is 11.8 Å². The number of carbonyl (C=O) groups is 2. The highest BCUT2D eigenvalue weighted by Crippen LogP contribution is 2.32. The number of aromatic carboxylic acids is 1. The van der Waals surface area contributed by atoms with Crippen molar-refractivity contribution in [1.82, 2.24) is 9.88 Å². The number of carboxylic acid groups (broad SMARTS) is 1. The van der Waals surface area contributed by atoms with Crippen LogP contribution in [0.1, 0.15) is 47.0 Å². The third kappa shape index (κ3) is 3.75. The number of amides is 1. The predicted molar refractivity (Wildman–Crippen MR) is 82.8 cm³/mol. The van der Waals surface area contributed by atoms with Crippen molar-refractivity contribution < 1.29 is 14.7 Å². The van der Waals surface area contributed by atoms with E-state index in [1.807, 2.05) is 11.8 Å². The number of pyridine rings is 1. The van der Waals surface area contributed by atoms with Gasteiger partial charge in [-0.05, 0) is 37.1 Å². The van der Waals surface area contributed by atoms with Gasteiger partial charge in [0.25, 0.3) is 5.91 Å². The van der Waals surface area contributed by atoms with E-state index in [0.29, 0.717) is 10.8 Å². The lowest BCUT2D eigenvalue weighted by molar-refractivity contribution is 0.0690. The maximum Gasteiger partial charge on any atom is 0.354 e. The van der Waals surface area contributed by atoms with E-state index in [1.54, 1.807) is 18.0 Å². The van der Waals surface area contributed by atoms with Gasteiger partial charge in [-0.1, -0.05) is 6.92 Å². The van der Waals surface area contributed by atoms with Gasteiger partial charge in [0.15, 0.2) is 0 Å². The quantitative estimate of drug-likeness (QED) is 0.905. The monoisotopic (exact) mass is 308 g/mol. The maximum atomic E-state index is 12.5. The zero-order chi connectivity index (χ0) is 15.4. The van der Waals surface area contributed by atoms with Crippen LogP contribution in [0.2, 0.25) is 0 Å². The molecule has 0 spiro atoms. The second-order valence-corrected chi connectivity index (χ2v) is 6.77. The van der Waals surface area contributed by atoms with Crippen LogP contribution in [0.4, 0.5) is 0 Å². The largest absolute Gasteiger partial charge is 0.477 e. The Morgan fingerprint density at radius 3 is 2.90 bits per heavy atom. The fraction of sp³-hybridized carbons (Fsp3) is 0.533. The Balaban J connectivity index is 2.06. The lowest BCUT2D eigenvalue weighted by Gasteiger charge is -2.24. The number of thioether (sulfide) groups is 1. The molecule has 1 aliphatic carbocycles. The minimum absolute atomic E-state index is 0.0971. The Hall–Kier alpha value is -1.56. The summed E-state index contributed by atoms with van der Waals surface area (Å²) in [6.07, 6.45) is 4.53. The fourth-order valence-corrected chi connectivity index (χ4v) is 3.84. The third-order valence-electron chi connectivity index (χ3n) is 3.85. The molecule has 0 aromatic carbocycles. The predicted octanol–water partition coefficient (Wildman–Crippen LogP) is 2.53. The van der Waals surface area contributed by atoms with E-state index in [-0.39, 0.29) is 17.6 Å². The molecule has 1 aromatic heterocycles. The van der Waals surface area contributed by atoms with Crippen molar-refractivity contribution in [3.05, 3.63) is 29.6 Å². The van der Waals surface area contributed by atoms with Crippen molar-refractivity contribution in [3.63, 3.8) is 0 Å². The summed E-state index contributed by atoms with van der Waals surface area (Å²) >= 11 is 1.95. The van der Waals surface area contributed by atoms with Crippen LogP contribution in [0.3, 0.4) is 0 Å². The van der Waals surface area contributed by atoms with Gasteiger partial charge >= 0.3 is 5.97 Å². The Kier molecular flexibility index (Phi) is 5.22. The normalized spacial score (nSPS) is 21.2. The molecule has 5 nitrogen and oxygen atoms in total. The lowest BCUT2D eigenvalue weighted by atomic mass is 10.1. The summed E-state index contributed by atoms with van der Waals surface area (Å²) in [5, 5.41) is 9.57. The lowest BCUT2D eigenvalue weighted by Crippen LogP contribution is -2.35. The summed E-state index contributed by atoms with van der Waals surface area (Å²) in [5.74, 6) is -0.152. The van der Waals surface area contributed by atoms with Crippen LogP contribution in [0, 0.1) is 0 Å². The van der Waals surface area contributed by atoms with Gasteiger partial charge in [-0.15, -0.1) is 0 Å². The highest BCUT2D eigenvalue weighted by Gasteiger charge is 2.30. The number of aromatic nitrogens is 1. The highest BCUT2D eigenvalue weighted by molar-refractivity contribution is 7.99. The summed E-state index contributed by atoms with van der Waals surface area (Å²) in [5.41, 5.74) is 0.289. The van der Waals surface area contributed by atoms with Gasteiger partial charge in [0.1, 0.15) is 5.69 Å². The molecule has 1 fully saturated rings. The molecule has 0 saturated heterocycles. The van der Waals surface area contributed by atoms with E-state index >= 15 is 0 Å². The molecule has 6 heteroatoms. The first-order valence-electron chi connectivity index (χ1n) is 7.11. The molecule has 2 unspecified atom stereocenters. The summed E-state index contributed by atoms with van der Waals surface area (Å²) in [7, 11) is 1.80. The Morgan fingerprint density at radius 2 is 2.24 bits per heavy atom. The second kappa shape index (κ2) is 6.93. The van der Waals surface area contributed by atoms with Crippen molar-refractivity contribution in [2.24, 2.45) is 0 Å². The minimum atomic E-state index is -1.12. The highest BCUT2D eigenvalue weighted by atomic mass is 32.2. The molecule has 0 radical (unpaired) electrons. The SMILES string of the molecule is CCSC1CCC(N(C)C(=O)c2ccnc(C(=O)O)c2)C1. The average molecular weight is 308 g/mol. The van der Waals surface area contributed by atoms with E-state index in [9.17, 15) is 9.59 Å².